The van der Waals surface area contributed by atoms with Crippen LogP contribution >= 0.6 is 0 Å². The van der Waals surface area contributed by atoms with Crippen molar-refractivity contribution >= 4 is 0 Å². The molecule has 2 nitrogen and oxygen atoms in total. The van der Waals surface area contributed by atoms with Crippen LogP contribution < -0.4 is 11.3 Å². The molecule has 0 aliphatic heterocycles. The van der Waals surface area contributed by atoms with Gasteiger partial charge in [-0.1, -0.05) is 36.8 Å². The van der Waals surface area contributed by atoms with E-state index in [1.807, 2.05) is 0 Å². The molecule has 0 saturated heterocycles. The molecule has 1 aliphatic carbocycles. The topological polar surface area (TPSA) is 38.0 Å². The molecule has 0 heterocycles. The van der Waals surface area contributed by atoms with Gasteiger partial charge < -0.3 is 0 Å². The van der Waals surface area contributed by atoms with Crippen molar-refractivity contribution in [3.8, 4) is 0 Å². The molecule has 0 spiro atoms. The Hall–Kier alpha value is -0.860. The van der Waals surface area contributed by atoms with Crippen molar-refractivity contribution in [1.82, 2.24) is 5.43 Å². The third-order valence-electron chi connectivity index (χ3n) is 3.22. The summed E-state index contributed by atoms with van der Waals surface area (Å²) in [4.78, 5) is 0. The third kappa shape index (κ3) is 1.81. The number of rotatable bonds is 3. The van der Waals surface area contributed by atoms with Crippen LogP contribution in [0.25, 0.3) is 0 Å². The maximum Gasteiger partial charge on any atom is 0.0490 e. The van der Waals surface area contributed by atoms with Gasteiger partial charge in [0, 0.05) is 6.04 Å². The molecule has 14 heavy (non-hydrogen) atoms. The fourth-order valence-electron chi connectivity index (χ4n) is 2.06. The minimum absolute atomic E-state index is 0.339. The molecule has 0 bridgehead atoms. The number of nitrogens with two attached hydrogens (primary N) is 1. The van der Waals surface area contributed by atoms with Crippen molar-refractivity contribution in [2.45, 2.75) is 26.3 Å². The highest BCUT2D eigenvalue weighted by Gasteiger charge is 2.39. The van der Waals surface area contributed by atoms with Crippen LogP contribution in [0.3, 0.4) is 0 Å². The van der Waals surface area contributed by atoms with E-state index in [4.69, 9.17) is 5.84 Å². The fourth-order valence-corrected chi connectivity index (χ4v) is 2.06. The summed E-state index contributed by atoms with van der Waals surface area (Å²) in [6, 6.07) is 8.97. The van der Waals surface area contributed by atoms with Crippen LogP contribution in [-0.2, 0) is 0 Å². The molecule has 1 aliphatic rings. The van der Waals surface area contributed by atoms with Crippen LogP contribution in [0, 0.1) is 18.8 Å². The van der Waals surface area contributed by atoms with Crippen molar-refractivity contribution in [3.63, 3.8) is 0 Å². The lowest BCUT2D eigenvalue weighted by Crippen LogP contribution is -2.29. The first kappa shape index (κ1) is 9.69. The largest absolute Gasteiger partial charge is 0.271 e. The van der Waals surface area contributed by atoms with Crippen LogP contribution in [-0.4, -0.2) is 0 Å². The summed E-state index contributed by atoms with van der Waals surface area (Å²) >= 11 is 0. The zero-order chi connectivity index (χ0) is 10.1. The van der Waals surface area contributed by atoms with Crippen LogP contribution in [0.5, 0.6) is 0 Å². The smallest absolute Gasteiger partial charge is 0.0490 e. The van der Waals surface area contributed by atoms with E-state index in [1.165, 1.54) is 17.5 Å². The lowest BCUT2D eigenvalue weighted by Gasteiger charge is -2.16. The molecular formula is C12H18N2. The van der Waals surface area contributed by atoms with Crippen LogP contribution in [0.2, 0.25) is 0 Å². The van der Waals surface area contributed by atoms with Gasteiger partial charge in [-0.15, -0.1) is 0 Å². The highest BCUT2D eigenvalue weighted by molar-refractivity contribution is 5.25. The van der Waals surface area contributed by atoms with Gasteiger partial charge >= 0.3 is 0 Å². The van der Waals surface area contributed by atoms with Crippen molar-refractivity contribution in [2.24, 2.45) is 17.7 Å². The molecule has 0 amide bonds. The maximum atomic E-state index is 5.60. The van der Waals surface area contributed by atoms with Gasteiger partial charge in [-0.05, 0) is 30.7 Å². The fraction of sp³-hybridized carbons (Fsp3) is 0.500. The minimum atomic E-state index is 0.339. The Balaban J connectivity index is 2.15. The van der Waals surface area contributed by atoms with E-state index < -0.39 is 0 Å². The van der Waals surface area contributed by atoms with Crippen molar-refractivity contribution in [3.05, 3.63) is 35.4 Å². The monoisotopic (exact) mass is 190 g/mol. The molecule has 1 aromatic rings. The first-order valence-corrected chi connectivity index (χ1v) is 5.25. The number of benzene rings is 1. The number of hydrogen-bond donors (Lipinski definition) is 2. The summed E-state index contributed by atoms with van der Waals surface area (Å²) in [5, 5.41) is 0. The van der Waals surface area contributed by atoms with E-state index in [0.717, 1.165) is 11.8 Å². The van der Waals surface area contributed by atoms with Crippen molar-refractivity contribution in [2.75, 3.05) is 0 Å². The lowest BCUT2D eigenvalue weighted by molar-refractivity contribution is 0.476. The van der Waals surface area contributed by atoms with E-state index >= 15 is 0 Å². The number of nitrogens with one attached hydrogen (secondary N) is 1. The quantitative estimate of drug-likeness (QED) is 0.566. The van der Waals surface area contributed by atoms with Gasteiger partial charge in [0.25, 0.3) is 0 Å². The Bertz CT molecular complexity index is 305. The summed E-state index contributed by atoms with van der Waals surface area (Å²) in [7, 11) is 0. The highest BCUT2D eigenvalue weighted by Crippen LogP contribution is 2.46. The highest BCUT2D eigenvalue weighted by atomic mass is 15.2. The second-order valence-electron chi connectivity index (χ2n) is 4.43. The van der Waals surface area contributed by atoms with E-state index in [-0.39, 0.29) is 0 Å². The Morgan fingerprint density at radius 1 is 1.36 bits per heavy atom. The van der Waals surface area contributed by atoms with Gasteiger partial charge in [-0.3, -0.25) is 11.3 Å². The van der Waals surface area contributed by atoms with E-state index in [9.17, 15) is 0 Å². The molecule has 2 heteroatoms. The van der Waals surface area contributed by atoms with E-state index in [2.05, 4.69) is 43.5 Å². The normalized spacial score (nSPS) is 27.4. The zero-order valence-electron chi connectivity index (χ0n) is 8.83. The molecule has 3 unspecified atom stereocenters. The molecule has 1 saturated carbocycles. The predicted octanol–water partition coefficient (Wildman–Crippen LogP) is 2.16. The standard InChI is InChI=1S/C12H18N2/c1-8-3-5-10(6-4-8)12(14-13)11-7-9(11)2/h3-6,9,11-12,14H,7,13H2,1-2H3. The van der Waals surface area contributed by atoms with Crippen molar-refractivity contribution < 1.29 is 0 Å². The zero-order valence-corrected chi connectivity index (χ0v) is 8.83. The summed E-state index contributed by atoms with van der Waals surface area (Å²) in [5.41, 5.74) is 5.54. The third-order valence-corrected chi connectivity index (χ3v) is 3.22. The van der Waals surface area contributed by atoms with Crippen LogP contribution in [0.1, 0.15) is 30.5 Å². The Labute approximate surface area is 85.5 Å². The van der Waals surface area contributed by atoms with Gasteiger partial charge in [0.2, 0.25) is 0 Å². The Morgan fingerprint density at radius 3 is 2.36 bits per heavy atom. The molecule has 1 aromatic carbocycles. The van der Waals surface area contributed by atoms with E-state index in [1.54, 1.807) is 0 Å². The Kier molecular flexibility index (Phi) is 2.57. The van der Waals surface area contributed by atoms with Gasteiger partial charge in [-0.2, -0.15) is 0 Å². The van der Waals surface area contributed by atoms with Gasteiger partial charge in [0.1, 0.15) is 0 Å². The molecule has 1 fully saturated rings. The number of aryl methyl sites for hydroxylation is 1. The average Bonchev–Trinajstić information content (AvgIpc) is 2.88. The van der Waals surface area contributed by atoms with Gasteiger partial charge in [-0.25, -0.2) is 0 Å². The molecule has 76 valence electrons. The SMILES string of the molecule is Cc1ccc(C(NN)C2CC2C)cc1. The number of hydrogen-bond acceptors (Lipinski definition) is 2. The van der Waals surface area contributed by atoms with E-state index in [0.29, 0.717) is 6.04 Å². The first-order valence-electron chi connectivity index (χ1n) is 5.25. The number of hydrazine groups is 1. The van der Waals surface area contributed by atoms with Gasteiger partial charge in [0.15, 0.2) is 0 Å². The molecule has 0 radical (unpaired) electrons. The molecule has 3 atom stereocenters. The first-order chi connectivity index (χ1) is 6.72. The molecule has 3 N–H and O–H groups in total. The maximum absolute atomic E-state index is 5.60. The van der Waals surface area contributed by atoms with Crippen LogP contribution in [0.4, 0.5) is 0 Å². The lowest BCUT2D eigenvalue weighted by atomic mass is 10.0. The average molecular weight is 190 g/mol. The predicted molar refractivity (Wildman–Crippen MR) is 58.5 cm³/mol. The van der Waals surface area contributed by atoms with Gasteiger partial charge in [0.05, 0.1) is 0 Å². The summed E-state index contributed by atoms with van der Waals surface area (Å²) in [5.74, 6) is 7.14. The van der Waals surface area contributed by atoms with Crippen molar-refractivity contribution in [1.29, 1.82) is 0 Å². The molecule has 0 aromatic heterocycles. The Morgan fingerprint density at radius 2 is 1.93 bits per heavy atom. The summed E-state index contributed by atoms with van der Waals surface area (Å²) in [6.45, 7) is 4.39. The second kappa shape index (κ2) is 3.71. The molecular weight excluding hydrogens is 172 g/mol. The molecule has 2 rings (SSSR count). The minimum Gasteiger partial charge on any atom is -0.271 e. The van der Waals surface area contributed by atoms with Crippen LogP contribution in [0.15, 0.2) is 24.3 Å². The summed E-state index contributed by atoms with van der Waals surface area (Å²) < 4.78 is 0. The summed E-state index contributed by atoms with van der Waals surface area (Å²) in [6.07, 6.45) is 1.29. The second-order valence-corrected chi connectivity index (χ2v) is 4.43.